The number of H-pyrrole nitrogens is 1. The predicted molar refractivity (Wildman–Crippen MR) is 80.4 cm³/mol. The lowest BCUT2D eigenvalue weighted by Gasteiger charge is -2.20. The zero-order chi connectivity index (χ0) is 18.0. The molecule has 0 radical (unpaired) electrons. The van der Waals surface area contributed by atoms with Crippen molar-refractivity contribution in [1.82, 2.24) is 14.9 Å². The van der Waals surface area contributed by atoms with Crippen molar-refractivity contribution in [3.8, 4) is 0 Å². The zero-order valence-electron chi connectivity index (χ0n) is 13.4. The van der Waals surface area contributed by atoms with E-state index in [1.54, 1.807) is 6.92 Å². The van der Waals surface area contributed by atoms with Gasteiger partial charge in [0.2, 0.25) is 0 Å². The summed E-state index contributed by atoms with van der Waals surface area (Å²) in [5.41, 5.74) is -1.86. The molecule has 10 heteroatoms. The van der Waals surface area contributed by atoms with E-state index < -0.39 is 54.1 Å². The molecule has 132 valence electrons. The SMILES string of the molecule is CNC(=O)c1cn([C@@H]2O[C@H](CO)[C@H](OC(C)=O)C2C)c(=O)[nH]c1=O. The quantitative estimate of drug-likeness (QED) is 0.558. The Morgan fingerprint density at radius 2 is 2.12 bits per heavy atom. The molecule has 3 N–H and O–H groups in total. The van der Waals surface area contributed by atoms with Gasteiger partial charge in [-0.2, -0.15) is 0 Å². The number of nitrogens with one attached hydrogen (secondary N) is 2. The fourth-order valence-electron chi connectivity index (χ4n) is 2.69. The van der Waals surface area contributed by atoms with Gasteiger partial charge in [0.05, 0.1) is 6.61 Å². The number of esters is 1. The molecule has 10 nitrogen and oxygen atoms in total. The second-order valence-electron chi connectivity index (χ2n) is 5.47. The van der Waals surface area contributed by atoms with Gasteiger partial charge in [-0.05, 0) is 0 Å². The Kier molecular flexibility index (Phi) is 5.20. The number of amides is 1. The van der Waals surface area contributed by atoms with E-state index in [1.165, 1.54) is 14.0 Å². The van der Waals surface area contributed by atoms with Gasteiger partial charge in [-0.15, -0.1) is 0 Å². The molecule has 1 unspecified atom stereocenters. The molecule has 1 aliphatic rings. The van der Waals surface area contributed by atoms with Gasteiger partial charge in [0.25, 0.3) is 11.5 Å². The Balaban J connectivity index is 2.44. The van der Waals surface area contributed by atoms with E-state index in [0.29, 0.717) is 0 Å². The highest BCUT2D eigenvalue weighted by molar-refractivity contribution is 5.93. The Hall–Kier alpha value is -2.46. The molecule has 2 heterocycles. The van der Waals surface area contributed by atoms with E-state index in [-0.39, 0.29) is 5.56 Å². The lowest BCUT2D eigenvalue weighted by Crippen LogP contribution is -2.39. The minimum absolute atomic E-state index is 0.260. The van der Waals surface area contributed by atoms with Crippen LogP contribution < -0.4 is 16.6 Å². The number of carbonyl (C=O) groups excluding carboxylic acids is 2. The minimum atomic E-state index is -0.917. The summed E-state index contributed by atoms with van der Waals surface area (Å²) in [6.07, 6.45) is -1.42. The van der Waals surface area contributed by atoms with Crippen LogP contribution in [0.1, 0.15) is 30.4 Å². The highest BCUT2D eigenvalue weighted by atomic mass is 16.6. The Bertz CT molecular complexity index is 753. The summed E-state index contributed by atoms with van der Waals surface area (Å²) in [5, 5.41) is 11.7. The minimum Gasteiger partial charge on any atom is -0.459 e. The van der Waals surface area contributed by atoms with Crippen LogP contribution in [0.2, 0.25) is 0 Å². The van der Waals surface area contributed by atoms with Crippen LogP contribution in [0.5, 0.6) is 0 Å². The number of hydrogen-bond acceptors (Lipinski definition) is 7. The molecule has 1 amide bonds. The summed E-state index contributed by atoms with van der Waals surface area (Å²) >= 11 is 0. The first kappa shape index (κ1) is 17.9. The van der Waals surface area contributed by atoms with E-state index in [1.807, 2.05) is 4.98 Å². The smallest absolute Gasteiger partial charge is 0.330 e. The summed E-state index contributed by atoms with van der Waals surface area (Å²) < 4.78 is 11.8. The maximum Gasteiger partial charge on any atom is 0.330 e. The van der Waals surface area contributed by atoms with Gasteiger partial charge in [0, 0.05) is 26.1 Å². The topological polar surface area (TPSA) is 140 Å². The summed E-state index contributed by atoms with van der Waals surface area (Å²) in [7, 11) is 1.35. The number of rotatable bonds is 4. The summed E-state index contributed by atoms with van der Waals surface area (Å²) in [6.45, 7) is 2.48. The number of aromatic nitrogens is 2. The van der Waals surface area contributed by atoms with Crippen molar-refractivity contribution in [3.05, 3.63) is 32.6 Å². The lowest BCUT2D eigenvalue weighted by molar-refractivity contribution is -0.151. The molecule has 1 aromatic heterocycles. The Morgan fingerprint density at radius 1 is 1.46 bits per heavy atom. The van der Waals surface area contributed by atoms with Gasteiger partial charge in [-0.25, -0.2) is 4.79 Å². The first-order chi connectivity index (χ1) is 11.3. The molecule has 0 aliphatic carbocycles. The second-order valence-corrected chi connectivity index (χ2v) is 5.47. The fourth-order valence-corrected chi connectivity index (χ4v) is 2.69. The number of ether oxygens (including phenoxy) is 2. The van der Waals surface area contributed by atoms with Crippen molar-refractivity contribution < 1.29 is 24.2 Å². The maximum absolute atomic E-state index is 12.1. The summed E-state index contributed by atoms with van der Waals surface area (Å²) in [5.74, 6) is -1.70. The molecule has 1 saturated heterocycles. The molecule has 24 heavy (non-hydrogen) atoms. The number of aliphatic hydroxyl groups is 1. The Morgan fingerprint density at radius 3 is 2.67 bits per heavy atom. The van der Waals surface area contributed by atoms with Crippen LogP contribution in [0.3, 0.4) is 0 Å². The predicted octanol–water partition coefficient (Wildman–Crippen LogP) is -1.65. The van der Waals surface area contributed by atoms with Crippen molar-refractivity contribution in [2.75, 3.05) is 13.7 Å². The maximum atomic E-state index is 12.1. The normalized spacial score (nSPS) is 26.2. The third kappa shape index (κ3) is 3.24. The van der Waals surface area contributed by atoms with Crippen molar-refractivity contribution in [1.29, 1.82) is 0 Å². The third-order valence-electron chi connectivity index (χ3n) is 3.84. The van der Waals surface area contributed by atoms with Crippen molar-refractivity contribution in [2.24, 2.45) is 5.92 Å². The Labute approximate surface area is 136 Å². The van der Waals surface area contributed by atoms with Crippen molar-refractivity contribution >= 4 is 11.9 Å². The molecule has 0 aromatic carbocycles. The van der Waals surface area contributed by atoms with Gasteiger partial charge in [0.1, 0.15) is 24.0 Å². The summed E-state index contributed by atoms with van der Waals surface area (Å²) in [4.78, 5) is 48.8. The van der Waals surface area contributed by atoms with Crippen molar-refractivity contribution in [2.45, 2.75) is 32.3 Å². The van der Waals surface area contributed by atoms with Crippen LogP contribution in [0.4, 0.5) is 0 Å². The van der Waals surface area contributed by atoms with Gasteiger partial charge < -0.3 is 19.9 Å². The molecule has 1 aliphatic heterocycles. The van der Waals surface area contributed by atoms with Gasteiger partial charge in [-0.1, -0.05) is 6.92 Å². The van der Waals surface area contributed by atoms with Crippen LogP contribution in [0.15, 0.2) is 15.8 Å². The number of aromatic amines is 1. The number of nitrogens with zero attached hydrogens (tertiary/aromatic N) is 1. The van der Waals surface area contributed by atoms with Crippen LogP contribution in [0, 0.1) is 5.92 Å². The molecular formula is C14H19N3O7. The van der Waals surface area contributed by atoms with Crippen LogP contribution in [-0.2, 0) is 14.3 Å². The molecule has 0 spiro atoms. The van der Waals surface area contributed by atoms with Crippen molar-refractivity contribution in [3.63, 3.8) is 0 Å². The molecule has 2 rings (SSSR count). The van der Waals surface area contributed by atoms with E-state index in [2.05, 4.69) is 5.32 Å². The van der Waals surface area contributed by atoms with E-state index in [9.17, 15) is 24.3 Å². The zero-order valence-corrected chi connectivity index (χ0v) is 13.4. The molecule has 0 bridgehead atoms. The lowest BCUT2D eigenvalue weighted by atomic mass is 10.0. The average molecular weight is 341 g/mol. The monoisotopic (exact) mass is 341 g/mol. The van der Waals surface area contributed by atoms with E-state index in [0.717, 1.165) is 10.8 Å². The molecule has 1 fully saturated rings. The second kappa shape index (κ2) is 6.97. The standard InChI is InChI=1S/C14H19N3O7/c1-6-10(23-7(2)19)9(5-18)24-13(6)17-4-8(11(20)15-3)12(21)16-14(17)22/h4,6,9-10,13,18H,5H2,1-3H3,(H,15,20)(H,16,21,22)/t6?,9-,10-,13-/m1/s1. The molecule has 0 saturated carbocycles. The van der Waals surface area contributed by atoms with Gasteiger partial charge >= 0.3 is 11.7 Å². The number of aliphatic hydroxyl groups excluding tert-OH is 1. The molecule has 4 atom stereocenters. The first-order valence-electron chi connectivity index (χ1n) is 7.31. The highest BCUT2D eigenvalue weighted by Crippen LogP contribution is 2.35. The van der Waals surface area contributed by atoms with Crippen LogP contribution in [-0.4, -0.2) is 52.4 Å². The number of hydrogen-bond donors (Lipinski definition) is 3. The average Bonchev–Trinajstić information content (AvgIpc) is 2.83. The molecular weight excluding hydrogens is 322 g/mol. The number of carbonyl (C=O) groups is 2. The van der Waals surface area contributed by atoms with Gasteiger partial charge in [0.15, 0.2) is 0 Å². The van der Waals surface area contributed by atoms with Crippen LogP contribution in [0.25, 0.3) is 0 Å². The molecule has 1 aromatic rings. The van der Waals surface area contributed by atoms with Gasteiger partial charge in [-0.3, -0.25) is 23.9 Å². The highest BCUT2D eigenvalue weighted by Gasteiger charge is 2.45. The summed E-state index contributed by atoms with van der Waals surface area (Å²) in [6, 6.07) is 0. The largest absolute Gasteiger partial charge is 0.459 e. The first-order valence-corrected chi connectivity index (χ1v) is 7.31. The van der Waals surface area contributed by atoms with E-state index >= 15 is 0 Å². The van der Waals surface area contributed by atoms with Crippen LogP contribution >= 0.6 is 0 Å². The fraction of sp³-hybridized carbons (Fsp3) is 0.571. The third-order valence-corrected chi connectivity index (χ3v) is 3.84. The van der Waals surface area contributed by atoms with E-state index in [4.69, 9.17) is 9.47 Å².